The van der Waals surface area contributed by atoms with Crippen molar-refractivity contribution in [2.75, 3.05) is 23.9 Å². The molecule has 0 unspecified atom stereocenters. The van der Waals surface area contributed by atoms with Gasteiger partial charge in [-0.25, -0.2) is 4.39 Å². The normalized spacial score (nSPS) is 12.8. The van der Waals surface area contributed by atoms with E-state index >= 15 is 0 Å². The molecule has 0 aliphatic rings. The van der Waals surface area contributed by atoms with Crippen LogP contribution in [0.3, 0.4) is 0 Å². The van der Waals surface area contributed by atoms with Gasteiger partial charge < -0.3 is 19.5 Å². The Balaban J connectivity index is 3.28. The number of esters is 2. The Morgan fingerprint density at radius 1 is 1.23 bits per heavy atom. The topological polar surface area (TPSA) is 93.1 Å². The molecule has 0 aliphatic carbocycles. The van der Waals surface area contributed by atoms with Crippen LogP contribution in [0.2, 0.25) is 0 Å². The Bertz CT molecular complexity index is 669. The zero-order valence-electron chi connectivity index (χ0n) is 14.7. The number of aliphatic hydroxyl groups excluding tert-OH is 1. The Kier molecular flexibility index (Phi) is 8.47. The van der Waals surface area contributed by atoms with Gasteiger partial charge in [-0.15, -0.1) is 11.6 Å². The molecular weight excluding hydrogens is 369 g/mol. The molecule has 1 N–H and O–H groups in total. The summed E-state index contributed by atoms with van der Waals surface area (Å²) in [6.45, 7) is 3.07. The molecular formula is C17H21ClFNO6. The first-order valence-electron chi connectivity index (χ1n) is 7.80. The molecule has 0 aliphatic heterocycles. The third kappa shape index (κ3) is 5.96. The Labute approximate surface area is 155 Å². The van der Waals surface area contributed by atoms with Gasteiger partial charge in [0.1, 0.15) is 5.82 Å². The maximum Gasteiger partial charge on any atom is 0.303 e. The summed E-state index contributed by atoms with van der Waals surface area (Å²) in [6.07, 6.45) is -2.96. The smallest absolute Gasteiger partial charge is 0.303 e. The second kappa shape index (κ2) is 10.1. The second-order valence-corrected chi connectivity index (χ2v) is 5.85. The maximum atomic E-state index is 13.4. The number of halogens is 2. The highest BCUT2D eigenvalue weighted by molar-refractivity contribution is 6.18. The number of benzene rings is 1. The third-order valence-corrected chi connectivity index (χ3v) is 3.56. The lowest BCUT2D eigenvalue weighted by molar-refractivity contribution is -0.172. The molecule has 9 heteroatoms. The zero-order chi connectivity index (χ0) is 19.9. The van der Waals surface area contributed by atoms with Crippen molar-refractivity contribution in [1.82, 2.24) is 0 Å². The summed E-state index contributed by atoms with van der Waals surface area (Å²) in [7, 11) is 0. The Morgan fingerprint density at radius 2 is 1.85 bits per heavy atom. The van der Waals surface area contributed by atoms with Crippen LogP contribution < -0.4 is 4.90 Å². The van der Waals surface area contributed by atoms with Gasteiger partial charge in [0, 0.05) is 32.0 Å². The minimum Gasteiger partial charge on any atom is -0.456 e. The van der Waals surface area contributed by atoms with Gasteiger partial charge in [0.15, 0.2) is 6.10 Å². The number of nitrogens with zero attached hydrogens (tertiary/aromatic N) is 1. The molecule has 1 rings (SSSR count). The summed E-state index contributed by atoms with van der Waals surface area (Å²) in [5.41, 5.74) is 0.812. The average Bonchev–Trinajstić information content (AvgIpc) is 2.55. The van der Waals surface area contributed by atoms with Crippen molar-refractivity contribution in [2.45, 2.75) is 33.0 Å². The molecule has 0 bridgehead atoms. The molecule has 1 aromatic rings. The van der Waals surface area contributed by atoms with E-state index in [2.05, 4.69) is 0 Å². The number of ether oxygens (including phenoxy) is 2. The molecule has 0 saturated heterocycles. The molecule has 0 fully saturated rings. The number of rotatable bonds is 8. The number of aliphatic hydroxyl groups is 1. The Morgan fingerprint density at radius 3 is 2.31 bits per heavy atom. The van der Waals surface area contributed by atoms with Gasteiger partial charge in [-0.2, -0.15) is 0 Å². The first-order valence-corrected chi connectivity index (χ1v) is 8.33. The van der Waals surface area contributed by atoms with Crippen LogP contribution >= 0.6 is 11.6 Å². The molecule has 1 amide bonds. The molecule has 1 aromatic carbocycles. The number of hydrogen-bond donors (Lipinski definition) is 1. The zero-order valence-corrected chi connectivity index (χ0v) is 15.5. The summed E-state index contributed by atoms with van der Waals surface area (Å²) < 4.78 is 23.2. The SMILES string of the molecule is CC(=O)O[C@H](CO)[C@@H](OC(C)=O)C(=O)N(CCCl)c1ccc(F)cc1C. The largest absolute Gasteiger partial charge is 0.456 e. The number of carbonyl (C=O) groups excluding carboxylic acids is 3. The van der Waals surface area contributed by atoms with Crippen molar-refractivity contribution in [3.05, 3.63) is 29.6 Å². The number of amides is 1. The predicted octanol–water partition coefficient (Wildman–Crippen LogP) is 1.56. The van der Waals surface area contributed by atoms with Crippen LogP contribution in [0.4, 0.5) is 10.1 Å². The van der Waals surface area contributed by atoms with Crippen LogP contribution in [0.5, 0.6) is 0 Å². The summed E-state index contributed by atoms with van der Waals surface area (Å²) in [5.74, 6) is -2.73. The van der Waals surface area contributed by atoms with Crippen LogP contribution in [0.15, 0.2) is 18.2 Å². The fourth-order valence-corrected chi connectivity index (χ4v) is 2.55. The minimum atomic E-state index is -1.57. The van der Waals surface area contributed by atoms with E-state index in [1.807, 2.05) is 0 Å². The molecule has 26 heavy (non-hydrogen) atoms. The summed E-state index contributed by atoms with van der Waals surface area (Å²) in [4.78, 5) is 36.8. The van der Waals surface area contributed by atoms with E-state index in [9.17, 15) is 23.9 Å². The Hall–Kier alpha value is -2.19. The minimum absolute atomic E-state index is 0.0306. The van der Waals surface area contributed by atoms with Crippen LogP contribution in [-0.2, 0) is 23.9 Å². The molecule has 0 spiro atoms. The van der Waals surface area contributed by atoms with Crippen molar-refractivity contribution in [3.8, 4) is 0 Å². The van der Waals surface area contributed by atoms with Crippen molar-refractivity contribution in [2.24, 2.45) is 0 Å². The van der Waals surface area contributed by atoms with Crippen LogP contribution in [0.1, 0.15) is 19.4 Å². The van der Waals surface area contributed by atoms with Gasteiger partial charge in [0.05, 0.1) is 6.61 Å². The number of hydrogen-bond acceptors (Lipinski definition) is 6. The van der Waals surface area contributed by atoms with Gasteiger partial charge in [-0.05, 0) is 30.7 Å². The van der Waals surface area contributed by atoms with Crippen molar-refractivity contribution in [1.29, 1.82) is 0 Å². The molecule has 7 nitrogen and oxygen atoms in total. The summed E-state index contributed by atoms with van der Waals surface area (Å²) in [5, 5.41) is 9.47. The molecule has 0 saturated carbocycles. The second-order valence-electron chi connectivity index (χ2n) is 5.47. The van der Waals surface area contributed by atoms with Crippen molar-refractivity contribution >= 4 is 35.1 Å². The average molecular weight is 390 g/mol. The maximum absolute atomic E-state index is 13.4. The van der Waals surface area contributed by atoms with Crippen LogP contribution in [0, 0.1) is 12.7 Å². The quantitative estimate of drug-likeness (QED) is 0.535. The van der Waals surface area contributed by atoms with Crippen molar-refractivity contribution < 1.29 is 33.4 Å². The van der Waals surface area contributed by atoms with E-state index in [-0.39, 0.29) is 12.4 Å². The van der Waals surface area contributed by atoms with E-state index in [4.69, 9.17) is 21.1 Å². The van der Waals surface area contributed by atoms with Crippen LogP contribution in [0.25, 0.3) is 0 Å². The lowest BCUT2D eigenvalue weighted by atomic mass is 10.1. The highest BCUT2D eigenvalue weighted by atomic mass is 35.5. The van der Waals surface area contributed by atoms with E-state index in [1.54, 1.807) is 6.92 Å². The summed E-state index contributed by atoms with van der Waals surface area (Å²) >= 11 is 5.77. The first kappa shape index (κ1) is 21.9. The van der Waals surface area contributed by atoms with Crippen LogP contribution in [-0.4, -0.2) is 54.2 Å². The van der Waals surface area contributed by atoms with Gasteiger partial charge in [0.25, 0.3) is 5.91 Å². The van der Waals surface area contributed by atoms with E-state index in [0.29, 0.717) is 11.3 Å². The molecule has 144 valence electrons. The number of alkyl halides is 1. The summed E-state index contributed by atoms with van der Waals surface area (Å²) in [6, 6.07) is 3.80. The number of anilines is 1. The van der Waals surface area contributed by atoms with Gasteiger partial charge in [0.2, 0.25) is 6.10 Å². The molecule has 2 atom stereocenters. The van der Waals surface area contributed by atoms with E-state index in [0.717, 1.165) is 13.8 Å². The highest BCUT2D eigenvalue weighted by Gasteiger charge is 2.37. The lowest BCUT2D eigenvalue weighted by Gasteiger charge is -2.30. The van der Waals surface area contributed by atoms with Gasteiger partial charge in [-0.3, -0.25) is 14.4 Å². The monoisotopic (exact) mass is 389 g/mol. The highest BCUT2D eigenvalue weighted by Crippen LogP contribution is 2.23. The molecule has 0 radical (unpaired) electrons. The number of aryl methyl sites for hydroxylation is 1. The molecule has 0 heterocycles. The van der Waals surface area contributed by atoms with Gasteiger partial charge in [-0.1, -0.05) is 0 Å². The lowest BCUT2D eigenvalue weighted by Crippen LogP contribution is -2.50. The third-order valence-electron chi connectivity index (χ3n) is 3.40. The fraction of sp³-hybridized carbons (Fsp3) is 0.471. The fourth-order valence-electron chi connectivity index (χ4n) is 2.38. The van der Waals surface area contributed by atoms with E-state index < -0.39 is 42.5 Å². The standard InChI is InChI=1S/C17H21ClFNO6/c1-10-8-13(19)4-5-14(10)20(7-6-18)17(24)16(26-12(3)23)15(9-21)25-11(2)22/h4-5,8,15-16,21H,6-7,9H2,1-3H3/t15-,16-/m1/s1. The predicted molar refractivity (Wildman–Crippen MR) is 92.4 cm³/mol. The van der Waals surface area contributed by atoms with Gasteiger partial charge >= 0.3 is 11.9 Å². The van der Waals surface area contributed by atoms with E-state index in [1.165, 1.54) is 23.1 Å². The molecule has 0 aromatic heterocycles. The van der Waals surface area contributed by atoms with Crippen molar-refractivity contribution in [3.63, 3.8) is 0 Å². The number of carbonyl (C=O) groups is 3. The first-order chi connectivity index (χ1) is 12.2.